The summed E-state index contributed by atoms with van der Waals surface area (Å²) < 4.78 is 22.9. The molecule has 112 heavy (non-hydrogen) atoms. The molecule has 2 fully saturated rings. The summed E-state index contributed by atoms with van der Waals surface area (Å²) in [6.07, 6.45) is 4.83. The number of primary amides is 1. The quantitative estimate of drug-likeness (QED) is 0.00912. The van der Waals surface area contributed by atoms with Crippen LogP contribution in [0.2, 0.25) is 0 Å². The van der Waals surface area contributed by atoms with Gasteiger partial charge in [-0.05, 0) is 130 Å². The summed E-state index contributed by atoms with van der Waals surface area (Å²) in [5, 5.41) is 25.1. The van der Waals surface area contributed by atoms with Crippen LogP contribution in [0.3, 0.4) is 0 Å². The molecule has 33 heteroatoms. The highest BCUT2D eigenvalue weighted by Gasteiger charge is 2.41. The number of piperidine rings is 1. The second-order valence-corrected chi connectivity index (χ2v) is 32.2. The van der Waals surface area contributed by atoms with Gasteiger partial charge in [-0.3, -0.25) is 62.5 Å². The number of hydrogen-bond donors (Lipinski definition) is 7. The van der Waals surface area contributed by atoms with E-state index in [0.29, 0.717) is 48.9 Å². The van der Waals surface area contributed by atoms with E-state index in [1.54, 1.807) is 68.6 Å². The molecule has 0 radical (unpaired) electrons. The number of thioether (sulfide) groups is 1. The number of ether oxygens (including phenoxy) is 4. The van der Waals surface area contributed by atoms with E-state index in [1.807, 2.05) is 53.5 Å². The number of rotatable bonds is 46. The van der Waals surface area contributed by atoms with Crippen molar-refractivity contribution in [3.63, 3.8) is 0 Å². The molecule has 2 aliphatic heterocycles. The van der Waals surface area contributed by atoms with Crippen molar-refractivity contribution in [1.29, 1.82) is 0 Å². The molecule has 0 aliphatic carbocycles. The number of thiazole rings is 1. The highest BCUT2D eigenvalue weighted by atomic mass is 32.2. The zero-order valence-corrected chi connectivity index (χ0v) is 69.0. The lowest BCUT2D eigenvalue weighted by atomic mass is 9.82. The Morgan fingerprint density at radius 3 is 2.05 bits per heavy atom. The Hall–Kier alpha value is -9.24. The smallest absolute Gasteiger partial charge is 0.415 e. The molecule has 0 bridgehead atoms. The van der Waals surface area contributed by atoms with E-state index in [-0.39, 0.29) is 171 Å². The number of imide groups is 1. The van der Waals surface area contributed by atoms with Crippen LogP contribution in [0.25, 0.3) is 0 Å². The molecule has 2 saturated heterocycles. The molecule has 31 nitrogen and oxygen atoms in total. The van der Waals surface area contributed by atoms with Crippen molar-refractivity contribution in [3.05, 3.63) is 75.7 Å². The maximum atomic E-state index is 15.1. The third-order valence-electron chi connectivity index (χ3n) is 20.0. The first-order chi connectivity index (χ1) is 53.0. The fourth-order valence-corrected chi connectivity index (χ4v) is 14.5. The Morgan fingerprint density at radius 2 is 1.46 bits per heavy atom. The summed E-state index contributed by atoms with van der Waals surface area (Å²) in [5.41, 5.74) is 6.76. The van der Waals surface area contributed by atoms with Gasteiger partial charge in [-0.25, -0.2) is 19.4 Å². The number of nitrogens with two attached hydrogens (primary N) is 1. The van der Waals surface area contributed by atoms with Crippen LogP contribution in [-0.2, 0) is 75.2 Å². The minimum Gasteiger partial charge on any atom is -0.481 e. The number of carbonyl (C=O) groups is 14. The van der Waals surface area contributed by atoms with Crippen molar-refractivity contribution in [2.24, 2.45) is 41.2 Å². The summed E-state index contributed by atoms with van der Waals surface area (Å²) in [6.45, 7) is 18.3. The third kappa shape index (κ3) is 30.7. The number of amides is 11. The molecule has 11 amide bonds. The molecule has 1 unspecified atom stereocenters. The number of urea groups is 1. The number of hydrogen-bond acceptors (Lipinski definition) is 22. The summed E-state index contributed by atoms with van der Waals surface area (Å²) in [7, 11) is 4.89. The van der Waals surface area contributed by atoms with Gasteiger partial charge in [0.25, 0.3) is 5.91 Å². The number of nitrogens with zero attached hydrogens (tertiary/aromatic N) is 6. The fourth-order valence-electron chi connectivity index (χ4n) is 13.1. The van der Waals surface area contributed by atoms with Gasteiger partial charge in [0.15, 0.2) is 18.6 Å². The predicted molar refractivity (Wildman–Crippen MR) is 422 cm³/mol. The number of nitrogens with one attached hydrogen (secondary N) is 5. The number of carbonyl (C=O) groups excluding carboxylic acids is 13. The van der Waals surface area contributed by atoms with Crippen LogP contribution in [0.5, 0.6) is 5.75 Å². The number of carboxylic acids is 1. The van der Waals surface area contributed by atoms with Crippen molar-refractivity contribution in [1.82, 2.24) is 50.8 Å². The van der Waals surface area contributed by atoms with Crippen LogP contribution >= 0.6 is 23.1 Å². The third-order valence-corrected chi connectivity index (χ3v) is 21.9. The van der Waals surface area contributed by atoms with Gasteiger partial charge in [-0.1, -0.05) is 106 Å². The SMILES string of the molecule is CC[C@H](C)[C@H](CC(=O)[C@H]1CCCCN1C)C(=O)N(COC(=O)CC(C)C)[C@H](C[C@@H](OC(C)=O)c1nc(C(=O)N[C@@H](Cc2ccc(OC(=O)N(C)CCN(C)C(=O)OCc3ccc(NC(=O)[C@@H](CCCNC(N)=O)NC(=O)[C@H](NC(=O)CCCCCN4C(=O)CC(SC)C4=O)C(C)C)cc3)cc2)C[C@H](C)C(=O)O)cs1)C(C)C. The molecule has 3 heterocycles. The number of benzene rings is 2. The number of esters is 2. The Labute approximate surface area is 665 Å². The molecule has 620 valence electrons. The Bertz CT molecular complexity index is 3670. The van der Waals surface area contributed by atoms with E-state index in [1.165, 1.54) is 64.7 Å². The number of likely N-dealkylation sites (N-methyl/N-ethyl adjacent to an activating group) is 3. The molecule has 2 aromatic carbocycles. The highest BCUT2D eigenvalue weighted by Crippen LogP contribution is 2.35. The highest BCUT2D eigenvalue weighted by molar-refractivity contribution is 8.00. The molecule has 8 N–H and O–H groups in total. The van der Waals surface area contributed by atoms with Gasteiger partial charge < -0.3 is 71.1 Å². The average Bonchev–Trinajstić information content (AvgIpc) is 0.952. The van der Waals surface area contributed by atoms with Crippen LogP contribution < -0.4 is 37.1 Å². The maximum Gasteiger partial charge on any atom is 0.415 e. The minimum absolute atomic E-state index is 0.00761. The van der Waals surface area contributed by atoms with E-state index in [0.717, 1.165) is 30.7 Å². The minimum atomic E-state index is -1.11. The van der Waals surface area contributed by atoms with Crippen LogP contribution in [0.15, 0.2) is 53.9 Å². The molecule has 0 saturated carbocycles. The molecule has 0 spiro atoms. The Kier molecular flexibility index (Phi) is 38.9. The van der Waals surface area contributed by atoms with Crippen molar-refractivity contribution in [2.45, 2.75) is 220 Å². The number of unbranched alkanes of at least 4 members (excludes halogenated alkanes) is 2. The summed E-state index contributed by atoms with van der Waals surface area (Å²) >= 11 is 2.40. The van der Waals surface area contributed by atoms with Crippen molar-refractivity contribution >= 4 is 112 Å². The van der Waals surface area contributed by atoms with Crippen molar-refractivity contribution in [3.8, 4) is 5.75 Å². The molecule has 2 aliphatic rings. The van der Waals surface area contributed by atoms with Crippen molar-refractivity contribution in [2.75, 3.05) is 72.2 Å². The summed E-state index contributed by atoms with van der Waals surface area (Å²) in [6, 6.07) is 8.16. The fraction of sp³-hybridized carbons (Fsp3) is 0.633. The number of aliphatic carboxylic acids is 1. The second-order valence-electron chi connectivity index (χ2n) is 30.3. The van der Waals surface area contributed by atoms with Crippen LogP contribution in [-0.4, -0.2) is 220 Å². The number of Topliss-reactive ketones (excluding diaryl/α,β-unsaturated/α-hetero) is 1. The molecular formula is C79H118N12O19S2. The molecule has 10 atom stereocenters. The number of aromatic nitrogens is 1. The monoisotopic (exact) mass is 1600 g/mol. The number of likely N-dealkylation sites (tertiary alicyclic amines) is 2. The topological polar surface area (TPSA) is 411 Å². The van der Waals surface area contributed by atoms with E-state index in [4.69, 9.17) is 24.7 Å². The van der Waals surface area contributed by atoms with E-state index < -0.39 is 103 Å². The first-order valence-corrected chi connectivity index (χ1v) is 40.8. The summed E-state index contributed by atoms with van der Waals surface area (Å²) in [5.74, 6) is -7.66. The molecular weight excluding hydrogens is 1490 g/mol. The Balaban J connectivity index is 1.15. The van der Waals surface area contributed by atoms with Crippen LogP contribution in [0.1, 0.15) is 198 Å². The average molecular weight is 1600 g/mol. The van der Waals surface area contributed by atoms with Gasteiger partial charge in [0, 0.05) is 108 Å². The normalized spacial score (nSPS) is 16.5. The van der Waals surface area contributed by atoms with E-state index >= 15 is 4.79 Å². The number of carboxylic acid groups (broad SMARTS) is 1. The van der Waals surface area contributed by atoms with E-state index in [2.05, 4.69) is 31.6 Å². The van der Waals surface area contributed by atoms with Gasteiger partial charge in [0.2, 0.25) is 35.4 Å². The summed E-state index contributed by atoms with van der Waals surface area (Å²) in [4.78, 5) is 197. The number of anilines is 1. The van der Waals surface area contributed by atoms with Gasteiger partial charge >= 0.3 is 36.1 Å². The maximum absolute atomic E-state index is 15.1. The Morgan fingerprint density at radius 1 is 0.786 bits per heavy atom. The first-order valence-electron chi connectivity index (χ1n) is 38.7. The second kappa shape index (κ2) is 46.7. The van der Waals surface area contributed by atoms with E-state index in [9.17, 15) is 67.4 Å². The van der Waals surface area contributed by atoms with Gasteiger partial charge in [0.1, 0.15) is 35.1 Å². The lowest BCUT2D eigenvalue weighted by Gasteiger charge is -2.39. The largest absolute Gasteiger partial charge is 0.481 e. The lowest BCUT2D eigenvalue weighted by Crippen LogP contribution is -2.54. The van der Waals surface area contributed by atoms with Gasteiger partial charge in [-0.15, -0.1) is 11.3 Å². The van der Waals surface area contributed by atoms with Crippen LogP contribution in [0, 0.1) is 35.5 Å². The zero-order valence-electron chi connectivity index (χ0n) is 67.3. The predicted octanol–water partition coefficient (Wildman–Crippen LogP) is 8.86. The lowest BCUT2D eigenvalue weighted by molar-refractivity contribution is -0.162. The molecule has 3 aromatic rings. The first kappa shape index (κ1) is 93.4. The number of ketones is 1. The molecule has 5 rings (SSSR count). The van der Waals surface area contributed by atoms with Gasteiger partial charge in [0.05, 0.1) is 17.2 Å². The van der Waals surface area contributed by atoms with Crippen molar-refractivity contribution < 1.29 is 91.2 Å². The molecule has 1 aromatic heterocycles. The zero-order chi connectivity index (χ0) is 83.1. The van der Waals surface area contributed by atoms with Gasteiger partial charge in [-0.2, -0.15) is 11.8 Å². The van der Waals surface area contributed by atoms with Crippen LogP contribution in [0.4, 0.5) is 20.1 Å². The standard InChI is InChI=1S/C79H118N12O19S2/c1-15-50(8)58(41-63(93)61-23-18-20-34-87(61)11)74(100)91(46-108-68(96)38-47(2)3)62(48(4)5)42-64(109-52(10)92)73-85-60(45-112-73)71(98)83-56(39-51(9)76(102)103)40-53-27-31-57(32-28-53)110-79(106)89(13)37-36-88(12)78(105)107-44-54-25-29-55(30-26-54)82-70(97)59(22-21-33-81-77(80)104)84-72(99)69(49(6)7)86-66(94)24-17-16-19-35-90-67(95)43-65(111-14)75(90)101/h25-32,45,47-51,56,58-59,61-62,64-65,69H,15-24,33-44,46H2,1-14H3,(H,82,97)(H,83,98)(H,84,99)(H,86,94)(H,102,103)(H3,80,81,104)/t50-,51-,56+,58-,59+,61+,62+,64+,65?,69+/m0/s1.